The molecule has 1 saturated heterocycles. The lowest BCUT2D eigenvalue weighted by atomic mass is 10.1. The first-order chi connectivity index (χ1) is 9.61. The van der Waals surface area contributed by atoms with Crippen molar-refractivity contribution in [2.45, 2.75) is 25.3 Å². The van der Waals surface area contributed by atoms with Gasteiger partial charge >= 0.3 is 0 Å². The van der Waals surface area contributed by atoms with Gasteiger partial charge < -0.3 is 16.0 Å². The largest absolute Gasteiger partial charge is 0.399 e. The van der Waals surface area contributed by atoms with Crippen LogP contribution in [0.25, 0.3) is 0 Å². The van der Waals surface area contributed by atoms with Crippen LogP contribution >= 0.6 is 15.9 Å². The van der Waals surface area contributed by atoms with Crippen LogP contribution in [0.3, 0.4) is 0 Å². The van der Waals surface area contributed by atoms with Crippen molar-refractivity contribution < 1.29 is 4.79 Å². The second-order valence-electron chi connectivity index (χ2n) is 5.86. The van der Waals surface area contributed by atoms with E-state index in [0.717, 1.165) is 23.6 Å². The molecule has 1 aromatic carbocycles. The maximum absolute atomic E-state index is 12.1. The Hall–Kier alpha value is -1.07. The maximum atomic E-state index is 12.1. The van der Waals surface area contributed by atoms with Crippen LogP contribution in [0.15, 0.2) is 22.7 Å². The minimum absolute atomic E-state index is 0.0390. The lowest BCUT2D eigenvalue weighted by Crippen LogP contribution is -2.31. The SMILES string of the molecule is Nc1cc(Br)cc(C(=O)NCC2CCN(C3CC3)C2)c1. The number of hydrogen-bond acceptors (Lipinski definition) is 3. The van der Waals surface area contributed by atoms with Gasteiger partial charge in [0.05, 0.1) is 0 Å². The van der Waals surface area contributed by atoms with Gasteiger partial charge in [0, 0.05) is 34.9 Å². The molecule has 3 N–H and O–H groups in total. The minimum atomic E-state index is -0.0390. The van der Waals surface area contributed by atoms with E-state index in [-0.39, 0.29) is 5.91 Å². The average molecular weight is 338 g/mol. The monoisotopic (exact) mass is 337 g/mol. The molecule has 1 aromatic rings. The van der Waals surface area contributed by atoms with E-state index in [1.807, 2.05) is 0 Å². The van der Waals surface area contributed by atoms with Crippen molar-refractivity contribution in [2.75, 3.05) is 25.4 Å². The molecule has 2 fully saturated rings. The smallest absolute Gasteiger partial charge is 0.251 e. The van der Waals surface area contributed by atoms with E-state index in [0.29, 0.717) is 17.2 Å². The number of nitrogen functional groups attached to an aromatic ring is 1. The lowest BCUT2D eigenvalue weighted by Gasteiger charge is -2.15. The molecule has 108 valence electrons. The Kier molecular flexibility index (Phi) is 3.98. The zero-order chi connectivity index (χ0) is 14.1. The Balaban J connectivity index is 1.51. The number of nitrogens with two attached hydrogens (primary N) is 1. The van der Waals surface area contributed by atoms with Crippen LogP contribution in [0.5, 0.6) is 0 Å². The summed E-state index contributed by atoms with van der Waals surface area (Å²) in [7, 11) is 0. The van der Waals surface area contributed by atoms with Gasteiger partial charge in [-0.1, -0.05) is 15.9 Å². The highest BCUT2D eigenvalue weighted by molar-refractivity contribution is 9.10. The summed E-state index contributed by atoms with van der Waals surface area (Å²) < 4.78 is 0.837. The lowest BCUT2D eigenvalue weighted by molar-refractivity contribution is 0.0947. The fourth-order valence-corrected chi connectivity index (χ4v) is 3.39. The van der Waals surface area contributed by atoms with Crippen LogP contribution in [0, 0.1) is 5.92 Å². The normalized spacial score (nSPS) is 22.9. The Morgan fingerprint density at radius 1 is 1.35 bits per heavy atom. The standard InChI is InChI=1S/C15H20BrN3O/c16-12-5-11(6-13(17)7-12)15(20)18-8-10-3-4-19(9-10)14-1-2-14/h5-7,10,14H,1-4,8-9,17H2,(H,18,20). The molecule has 1 heterocycles. The highest BCUT2D eigenvalue weighted by atomic mass is 79.9. The van der Waals surface area contributed by atoms with Crippen molar-refractivity contribution in [3.05, 3.63) is 28.2 Å². The number of nitrogens with zero attached hydrogens (tertiary/aromatic N) is 1. The van der Waals surface area contributed by atoms with E-state index in [1.54, 1.807) is 18.2 Å². The van der Waals surface area contributed by atoms with Gasteiger partial charge in [-0.15, -0.1) is 0 Å². The fraction of sp³-hybridized carbons (Fsp3) is 0.533. The molecule has 3 rings (SSSR count). The van der Waals surface area contributed by atoms with Crippen molar-refractivity contribution in [3.8, 4) is 0 Å². The van der Waals surface area contributed by atoms with Crippen LogP contribution in [-0.4, -0.2) is 36.5 Å². The summed E-state index contributed by atoms with van der Waals surface area (Å²) in [5.74, 6) is 0.548. The molecule has 2 aliphatic rings. The molecule has 1 unspecified atom stereocenters. The third kappa shape index (κ3) is 3.33. The van der Waals surface area contributed by atoms with Crippen LogP contribution in [0.4, 0.5) is 5.69 Å². The number of halogens is 1. The van der Waals surface area contributed by atoms with E-state index in [9.17, 15) is 4.79 Å². The highest BCUT2D eigenvalue weighted by Gasteiger charge is 2.34. The molecule has 0 bridgehead atoms. The van der Waals surface area contributed by atoms with E-state index < -0.39 is 0 Å². The molecular formula is C15H20BrN3O. The van der Waals surface area contributed by atoms with Crippen LogP contribution < -0.4 is 11.1 Å². The summed E-state index contributed by atoms with van der Waals surface area (Å²) in [6.07, 6.45) is 3.91. The van der Waals surface area contributed by atoms with Crippen molar-refractivity contribution in [1.82, 2.24) is 10.2 Å². The number of benzene rings is 1. The summed E-state index contributed by atoms with van der Waals surface area (Å²) in [5.41, 5.74) is 6.98. The number of nitrogens with one attached hydrogen (secondary N) is 1. The summed E-state index contributed by atoms with van der Waals surface area (Å²) in [4.78, 5) is 14.7. The topological polar surface area (TPSA) is 58.4 Å². The summed E-state index contributed by atoms with van der Waals surface area (Å²) in [6, 6.07) is 6.14. The van der Waals surface area contributed by atoms with E-state index >= 15 is 0 Å². The predicted molar refractivity (Wildman–Crippen MR) is 83.6 cm³/mol. The second-order valence-corrected chi connectivity index (χ2v) is 6.78. The number of hydrogen-bond donors (Lipinski definition) is 2. The van der Waals surface area contributed by atoms with Crippen molar-refractivity contribution in [1.29, 1.82) is 0 Å². The number of carbonyl (C=O) groups is 1. The number of amides is 1. The fourth-order valence-electron chi connectivity index (χ4n) is 2.88. The molecule has 0 radical (unpaired) electrons. The van der Waals surface area contributed by atoms with E-state index in [1.165, 1.54) is 25.8 Å². The van der Waals surface area contributed by atoms with Gasteiger partial charge in [-0.25, -0.2) is 0 Å². The quantitative estimate of drug-likeness (QED) is 0.828. The molecule has 5 heteroatoms. The van der Waals surface area contributed by atoms with Gasteiger partial charge in [0.15, 0.2) is 0 Å². The van der Waals surface area contributed by atoms with Gasteiger partial charge in [0.25, 0.3) is 5.91 Å². The van der Waals surface area contributed by atoms with Gasteiger partial charge in [0.1, 0.15) is 0 Å². The van der Waals surface area contributed by atoms with E-state index in [2.05, 4.69) is 26.1 Å². The van der Waals surface area contributed by atoms with Gasteiger partial charge in [-0.05, 0) is 49.9 Å². The van der Waals surface area contributed by atoms with Crippen LogP contribution in [-0.2, 0) is 0 Å². The van der Waals surface area contributed by atoms with Gasteiger partial charge in [-0.3, -0.25) is 4.79 Å². The Labute approximate surface area is 127 Å². The Morgan fingerprint density at radius 2 is 2.15 bits per heavy atom. The first kappa shape index (κ1) is 13.9. The zero-order valence-electron chi connectivity index (χ0n) is 11.4. The zero-order valence-corrected chi connectivity index (χ0v) is 13.0. The summed E-state index contributed by atoms with van der Waals surface area (Å²) >= 11 is 3.36. The first-order valence-electron chi connectivity index (χ1n) is 7.20. The van der Waals surface area contributed by atoms with Crippen molar-refractivity contribution in [3.63, 3.8) is 0 Å². The third-order valence-electron chi connectivity index (χ3n) is 4.11. The molecule has 1 aliphatic heterocycles. The molecule has 1 saturated carbocycles. The summed E-state index contributed by atoms with van der Waals surface area (Å²) in [6.45, 7) is 3.08. The number of anilines is 1. The van der Waals surface area contributed by atoms with Gasteiger partial charge in [0.2, 0.25) is 0 Å². The Bertz CT molecular complexity index is 496. The maximum Gasteiger partial charge on any atom is 0.251 e. The molecule has 0 spiro atoms. The molecule has 1 aliphatic carbocycles. The van der Waals surface area contributed by atoms with Crippen molar-refractivity contribution >= 4 is 27.5 Å². The minimum Gasteiger partial charge on any atom is -0.399 e. The molecule has 4 nitrogen and oxygen atoms in total. The molecular weight excluding hydrogens is 318 g/mol. The molecule has 1 amide bonds. The third-order valence-corrected chi connectivity index (χ3v) is 4.57. The number of carbonyl (C=O) groups excluding carboxylic acids is 1. The Morgan fingerprint density at radius 3 is 2.85 bits per heavy atom. The van der Waals surface area contributed by atoms with Crippen molar-refractivity contribution in [2.24, 2.45) is 5.92 Å². The van der Waals surface area contributed by atoms with Gasteiger partial charge in [-0.2, -0.15) is 0 Å². The first-order valence-corrected chi connectivity index (χ1v) is 7.99. The average Bonchev–Trinajstić information content (AvgIpc) is 3.14. The van der Waals surface area contributed by atoms with Crippen LogP contribution in [0.2, 0.25) is 0 Å². The van der Waals surface area contributed by atoms with Crippen LogP contribution in [0.1, 0.15) is 29.6 Å². The molecule has 0 aromatic heterocycles. The predicted octanol–water partition coefficient (Wildman–Crippen LogP) is 2.25. The molecule has 20 heavy (non-hydrogen) atoms. The summed E-state index contributed by atoms with van der Waals surface area (Å²) in [5, 5.41) is 3.03. The molecule has 1 atom stereocenters. The highest BCUT2D eigenvalue weighted by Crippen LogP contribution is 2.31. The number of rotatable bonds is 4. The number of likely N-dealkylation sites (tertiary alicyclic amines) is 1. The van der Waals surface area contributed by atoms with E-state index in [4.69, 9.17) is 5.73 Å². The second kappa shape index (κ2) is 5.74.